The van der Waals surface area contributed by atoms with Crippen molar-refractivity contribution in [2.24, 2.45) is 0 Å². The second kappa shape index (κ2) is 6.05. The van der Waals surface area contributed by atoms with E-state index in [2.05, 4.69) is 9.71 Å². The highest BCUT2D eigenvalue weighted by molar-refractivity contribution is 8.00. The van der Waals surface area contributed by atoms with Crippen LogP contribution < -0.4 is 9.46 Å². The van der Waals surface area contributed by atoms with Crippen molar-refractivity contribution in [3.63, 3.8) is 0 Å². The average molecular weight is 277 g/mol. The Morgan fingerprint density at radius 3 is 2.68 bits per heavy atom. The van der Waals surface area contributed by atoms with Gasteiger partial charge in [0.05, 0.1) is 12.0 Å². The molecule has 19 heavy (non-hydrogen) atoms. The Morgan fingerprint density at radius 1 is 1.32 bits per heavy atom. The van der Waals surface area contributed by atoms with Gasteiger partial charge in [-0.1, -0.05) is 0 Å². The molecule has 0 aliphatic carbocycles. The summed E-state index contributed by atoms with van der Waals surface area (Å²) in [6.45, 7) is 0. The average Bonchev–Trinajstić information content (AvgIpc) is 2.46. The number of methoxy groups -OCH3 is 1. The number of benzene rings is 1. The first-order valence-electron chi connectivity index (χ1n) is 5.36. The molecule has 1 aromatic carbocycles. The molecule has 0 saturated heterocycles. The van der Waals surface area contributed by atoms with E-state index in [1.807, 2.05) is 0 Å². The molecule has 1 aromatic heterocycles. The van der Waals surface area contributed by atoms with Gasteiger partial charge in [0.1, 0.15) is 11.6 Å². The van der Waals surface area contributed by atoms with Crippen LogP contribution in [0.3, 0.4) is 0 Å². The Hall–Kier alpha value is -2.28. The lowest BCUT2D eigenvalue weighted by Crippen LogP contribution is -1.92. The summed E-state index contributed by atoms with van der Waals surface area (Å²) in [6.07, 6.45) is 1.64. The molecule has 0 radical (unpaired) electrons. The predicted molar refractivity (Wildman–Crippen MR) is 73.4 cm³/mol. The Kier molecular flexibility index (Phi) is 4.19. The van der Waals surface area contributed by atoms with Crippen LogP contribution in [0.4, 0.5) is 11.5 Å². The van der Waals surface area contributed by atoms with Gasteiger partial charge in [0.15, 0.2) is 0 Å². The lowest BCUT2D eigenvalue weighted by molar-refractivity contribution is -0.384. The van der Waals surface area contributed by atoms with Crippen molar-refractivity contribution < 1.29 is 9.66 Å². The summed E-state index contributed by atoms with van der Waals surface area (Å²) in [5.41, 5.74) is 0.0730. The standard InChI is InChI=1S/C12H11N3O3S/c1-18-10-6-7-13-12(8-10)14-19-11-4-2-9(3-5-11)15(16)17/h2-8H,1H3,(H,13,14). The number of hydrogen-bond acceptors (Lipinski definition) is 6. The van der Waals surface area contributed by atoms with Crippen molar-refractivity contribution in [1.29, 1.82) is 0 Å². The van der Waals surface area contributed by atoms with E-state index in [-0.39, 0.29) is 5.69 Å². The zero-order valence-corrected chi connectivity index (χ0v) is 10.9. The van der Waals surface area contributed by atoms with Gasteiger partial charge in [0, 0.05) is 29.3 Å². The molecule has 6 nitrogen and oxygen atoms in total. The zero-order chi connectivity index (χ0) is 13.7. The first-order valence-corrected chi connectivity index (χ1v) is 6.18. The number of nitro benzene ring substituents is 1. The van der Waals surface area contributed by atoms with Gasteiger partial charge in [0.25, 0.3) is 5.69 Å². The van der Waals surface area contributed by atoms with Crippen LogP contribution in [-0.4, -0.2) is 17.0 Å². The van der Waals surface area contributed by atoms with E-state index in [4.69, 9.17) is 4.74 Å². The molecule has 0 atom stereocenters. The van der Waals surface area contributed by atoms with Gasteiger partial charge >= 0.3 is 0 Å². The third-order valence-electron chi connectivity index (χ3n) is 2.29. The summed E-state index contributed by atoms with van der Waals surface area (Å²) in [7, 11) is 1.59. The van der Waals surface area contributed by atoms with Crippen LogP contribution in [-0.2, 0) is 0 Å². The van der Waals surface area contributed by atoms with E-state index in [9.17, 15) is 10.1 Å². The number of aromatic nitrogens is 1. The molecule has 0 fully saturated rings. The van der Waals surface area contributed by atoms with Crippen molar-refractivity contribution in [1.82, 2.24) is 4.98 Å². The van der Waals surface area contributed by atoms with Gasteiger partial charge in [-0.2, -0.15) is 0 Å². The second-order valence-corrected chi connectivity index (χ2v) is 4.42. The Bertz CT molecular complexity index is 575. The summed E-state index contributed by atoms with van der Waals surface area (Å²) in [5, 5.41) is 10.5. The van der Waals surface area contributed by atoms with Gasteiger partial charge < -0.3 is 9.46 Å². The van der Waals surface area contributed by atoms with Crippen molar-refractivity contribution in [3.05, 3.63) is 52.7 Å². The highest BCUT2D eigenvalue weighted by Crippen LogP contribution is 2.23. The van der Waals surface area contributed by atoms with E-state index in [1.54, 1.807) is 37.6 Å². The van der Waals surface area contributed by atoms with Crippen LogP contribution >= 0.6 is 11.9 Å². The quantitative estimate of drug-likeness (QED) is 0.514. The monoisotopic (exact) mass is 277 g/mol. The maximum atomic E-state index is 10.5. The van der Waals surface area contributed by atoms with Crippen molar-refractivity contribution in [2.45, 2.75) is 4.90 Å². The summed E-state index contributed by atoms with van der Waals surface area (Å²) in [5.74, 6) is 1.37. The number of hydrogen-bond donors (Lipinski definition) is 1. The van der Waals surface area contributed by atoms with E-state index in [0.717, 1.165) is 4.90 Å². The Morgan fingerprint density at radius 2 is 2.05 bits per heavy atom. The maximum absolute atomic E-state index is 10.5. The first-order chi connectivity index (χ1) is 9.19. The van der Waals surface area contributed by atoms with Crippen molar-refractivity contribution in [3.8, 4) is 5.75 Å². The molecule has 0 aliphatic heterocycles. The highest BCUT2D eigenvalue weighted by Gasteiger charge is 2.04. The maximum Gasteiger partial charge on any atom is 0.269 e. The summed E-state index contributed by atoms with van der Waals surface area (Å²) in [4.78, 5) is 15.1. The van der Waals surface area contributed by atoms with Gasteiger partial charge in [-0.15, -0.1) is 0 Å². The lowest BCUT2D eigenvalue weighted by Gasteiger charge is -2.05. The molecule has 7 heteroatoms. The van der Waals surface area contributed by atoms with E-state index in [0.29, 0.717) is 11.6 Å². The minimum Gasteiger partial charge on any atom is -0.497 e. The number of nitrogens with zero attached hydrogens (tertiary/aromatic N) is 2. The first kappa shape index (κ1) is 13.2. The highest BCUT2D eigenvalue weighted by atomic mass is 32.2. The van der Waals surface area contributed by atoms with Gasteiger partial charge in [0.2, 0.25) is 0 Å². The predicted octanol–water partition coefficient (Wildman–Crippen LogP) is 3.12. The number of non-ortho nitro benzene ring substituents is 1. The van der Waals surface area contributed by atoms with Gasteiger partial charge in [-0.3, -0.25) is 10.1 Å². The fourth-order valence-electron chi connectivity index (χ4n) is 1.34. The molecule has 98 valence electrons. The van der Waals surface area contributed by atoms with E-state index >= 15 is 0 Å². The van der Waals surface area contributed by atoms with E-state index < -0.39 is 4.92 Å². The van der Waals surface area contributed by atoms with Gasteiger partial charge in [-0.05, 0) is 30.1 Å². The molecule has 2 aromatic rings. The number of rotatable bonds is 5. The number of anilines is 1. The molecule has 0 amide bonds. The topological polar surface area (TPSA) is 77.3 Å². The van der Waals surface area contributed by atoms with Gasteiger partial charge in [-0.25, -0.2) is 4.98 Å². The number of nitrogens with one attached hydrogen (secondary N) is 1. The third kappa shape index (κ3) is 3.59. The lowest BCUT2D eigenvalue weighted by atomic mass is 10.3. The molecule has 0 bridgehead atoms. The zero-order valence-electron chi connectivity index (χ0n) is 10.1. The molecule has 2 rings (SSSR count). The fourth-order valence-corrected chi connectivity index (χ4v) is 1.95. The smallest absolute Gasteiger partial charge is 0.269 e. The molecular weight excluding hydrogens is 266 g/mol. The van der Waals surface area contributed by atoms with Crippen LogP contribution in [0.1, 0.15) is 0 Å². The third-order valence-corrected chi connectivity index (χ3v) is 3.11. The van der Waals surface area contributed by atoms with Crippen LogP contribution in [0.15, 0.2) is 47.5 Å². The summed E-state index contributed by atoms with van der Waals surface area (Å²) >= 11 is 1.32. The Balaban J connectivity index is 1.99. The molecule has 0 spiro atoms. The summed E-state index contributed by atoms with van der Waals surface area (Å²) < 4.78 is 8.12. The minimum absolute atomic E-state index is 0.0730. The largest absolute Gasteiger partial charge is 0.497 e. The SMILES string of the molecule is COc1ccnc(NSc2ccc([N+](=O)[O-])cc2)c1. The minimum atomic E-state index is -0.425. The van der Waals surface area contributed by atoms with Crippen molar-refractivity contribution in [2.75, 3.05) is 11.8 Å². The van der Waals surface area contributed by atoms with E-state index in [1.165, 1.54) is 24.1 Å². The fraction of sp³-hybridized carbons (Fsp3) is 0.0833. The van der Waals surface area contributed by atoms with Crippen LogP contribution in [0.5, 0.6) is 5.75 Å². The molecule has 0 saturated carbocycles. The number of nitro groups is 1. The molecular formula is C12H11N3O3S. The van der Waals surface area contributed by atoms with Crippen molar-refractivity contribution >= 4 is 23.5 Å². The molecule has 1 heterocycles. The van der Waals surface area contributed by atoms with Crippen LogP contribution in [0.25, 0.3) is 0 Å². The van der Waals surface area contributed by atoms with Crippen LogP contribution in [0, 0.1) is 10.1 Å². The molecule has 0 aliphatic rings. The number of pyridine rings is 1. The number of ether oxygens (including phenoxy) is 1. The summed E-state index contributed by atoms with van der Waals surface area (Å²) in [6, 6.07) is 9.79. The molecule has 0 unspecified atom stereocenters. The Labute approximate surface area is 114 Å². The second-order valence-electron chi connectivity index (χ2n) is 3.54. The normalized spacial score (nSPS) is 9.95. The van der Waals surface area contributed by atoms with Crippen LogP contribution in [0.2, 0.25) is 0 Å². The molecule has 1 N–H and O–H groups in total.